The van der Waals surface area contributed by atoms with E-state index in [1.54, 1.807) is 10.4 Å². The summed E-state index contributed by atoms with van der Waals surface area (Å²) in [6.07, 6.45) is 7.84. The van der Waals surface area contributed by atoms with E-state index in [1.807, 2.05) is 12.1 Å². The Kier molecular flexibility index (Phi) is 6.27. The summed E-state index contributed by atoms with van der Waals surface area (Å²) in [6, 6.07) is 5.88. The van der Waals surface area contributed by atoms with E-state index in [1.165, 1.54) is 30.4 Å². The van der Waals surface area contributed by atoms with Crippen molar-refractivity contribution in [2.75, 3.05) is 32.7 Å². The third-order valence-electron chi connectivity index (χ3n) is 6.86. The highest BCUT2D eigenvalue weighted by Crippen LogP contribution is 2.27. The fourth-order valence-electron chi connectivity index (χ4n) is 4.97. The molecule has 160 valence electrons. The van der Waals surface area contributed by atoms with Crippen molar-refractivity contribution >= 4 is 15.9 Å². The minimum Gasteiger partial charge on any atom is -0.352 e. The highest BCUT2D eigenvalue weighted by molar-refractivity contribution is 7.89. The molecule has 1 saturated carbocycles. The first kappa shape index (κ1) is 20.8. The Bertz CT molecular complexity index is 847. The topological polar surface area (TPSA) is 69.7 Å². The number of nitrogens with one attached hydrogen (secondary N) is 1. The van der Waals surface area contributed by atoms with E-state index < -0.39 is 10.0 Å². The van der Waals surface area contributed by atoms with Gasteiger partial charge in [-0.3, -0.25) is 9.69 Å². The second-order valence-electron chi connectivity index (χ2n) is 8.90. The molecule has 3 aliphatic rings. The molecule has 1 N–H and O–H groups in total. The Morgan fingerprint density at radius 1 is 1.03 bits per heavy atom. The average molecular weight is 420 g/mol. The standard InChI is InChI=1S/C22H33N3O3S/c1-17-5-2-3-8-21(17)23-22(26)16-24-11-13-25(14-12-24)29(27,28)20-10-9-18-6-4-7-19(18)15-20/h9-10,15,17,21H,2-8,11-14,16H2,1H3,(H,23,26). The Hall–Kier alpha value is -1.44. The number of aryl methyl sites for hydroxylation is 2. The lowest BCUT2D eigenvalue weighted by Gasteiger charge is -2.34. The van der Waals surface area contributed by atoms with Crippen LogP contribution in [-0.2, 0) is 27.7 Å². The summed E-state index contributed by atoms with van der Waals surface area (Å²) in [5.74, 6) is 0.612. The van der Waals surface area contributed by atoms with Crippen molar-refractivity contribution in [2.45, 2.75) is 62.8 Å². The lowest BCUT2D eigenvalue weighted by atomic mass is 9.86. The molecule has 6 nitrogen and oxygen atoms in total. The number of hydrogen-bond acceptors (Lipinski definition) is 4. The summed E-state index contributed by atoms with van der Waals surface area (Å²) in [4.78, 5) is 14.9. The van der Waals surface area contributed by atoms with Gasteiger partial charge < -0.3 is 5.32 Å². The Morgan fingerprint density at radius 3 is 2.52 bits per heavy atom. The molecule has 2 unspecified atom stereocenters. The van der Waals surface area contributed by atoms with Gasteiger partial charge in [-0.1, -0.05) is 25.8 Å². The minimum atomic E-state index is -3.46. The summed E-state index contributed by atoms with van der Waals surface area (Å²) in [6.45, 7) is 4.64. The largest absolute Gasteiger partial charge is 0.352 e. The molecule has 1 saturated heterocycles. The maximum atomic E-state index is 13.0. The van der Waals surface area contributed by atoms with Crippen LogP contribution in [0.1, 0.15) is 50.2 Å². The van der Waals surface area contributed by atoms with Crippen molar-refractivity contribution in [3.63, 3.8) is 0 Å². The number of nitrogens with zero attached hydrogens (tertiary/aromatic N) is 2. The van der Waals surface area contributed by atoms with Crippen molar-refractivity contribution in [3.05, 3.63) is 29.3 Å². The van der Waals surface area contributed by atoms with E-state index in [0.29, 0.717) is 43.5 Å². The number of sulfonamides is 1. The van der Waals surface area contributed by atoms with Gasteiger partial charge in [-0.15, -0.1) is 0 Å². The molecule has 4 rings (SSSR count). The second kappa shape index (κ2) is 8.74. The van der Waals surface area contributed by atoms with Crippen LogP contribution in [0.5, 0.6) is 0 Å². The van der Waals surface area contributed by atoms with Crippen LogP contribution >= 0.6 is 0 Å². The number of amides is 1. The molecule has 29 heavy (non-hydrogen) atoms. The van der Waals surface area contributed by atoms with Crippen LogP contribution in [-0.4, -0.2) is 62.3 Å². The molecule has 0 aromatic heterocycles. The molecule has 0 bridgehead atoms. The predicted molar refractivity (Wildman–Crippen MR) is 113 cm³/mol. The molecule has 2 fully saturated rings. The van der Waals surface area contributed by atoms with Crippen LogP contribution in [0.15, 0.2) is 23.1 Å². The van der Waals surface area contributed by atoms with Crippen molar-refractivity contribution in [3.8, 4) is 0 Å². The van der Waals surface area contributed by atoms with Gasteiger partial charge in [0.2, 0.25) is 15.9 Å². The van der Waals surface area contributed by atoms with E-state index in [0.717, 1.165) is 25.7 Å². The lowest BCUT2D eigenvalue weighted by molar-refractivity contribution is -0.123. The van der Waals surface area contributed by atoms with Gasteiger partial charge in [0.15, 0.2) is 0 Å². The second-order valence-corrected chi connectivity index (χ2v) is 10.8. The summed E-state index contributed by atoms with van der Waals surface area (Å²) < 4.78 is 27.7. The quantitative estimate of drug-likeness (QED) is 0.794. The van der Waals surface area contributed by atoms with Crippen LogP contribution in [0.25, 0.3) is 0 Å². The lowest BCUT2D eigenvalue weighted by Crippen LogP contribution is -2.52. The van der Waals surface area contributed by atoms with Gasteiger partial charge >= 0.3 is 0 Å². The number of benzene rings is 1. The van der Waals surface area contributed by atoms with Crippen LogP contribution in [0, 0.1) is 5.92 Å². The highest BCUT2D eigenvalue weighted by Gasteiger charge is 2.30. The third-order valence-corrected chi connectivity index (χ3v) is 8.76. The SMILES string of the molecule is CC1CCCCC1NC(=O)CN1CCN(S(=O)(=O)c2ccc3c(c2)CCC3)CC1. The van der Waals surface area contributed by atoms with E-state index in [-0.39, 0.29) is 11.9 Å². The van der Waals surface area contributed by atoms with Crippen LogP contribution < -0.4 is 5.32 Å². The number of carbonyl (C=O) groups is 1. The predicted octanol–water partition coefficient (Wildman–Crippen LogP) is 2.18. The normalized spacial score (nSPS) is 26.2. The van der Waals surface area contributed by atoms with Crippen molar-refractivity contribution < 1.29 is 13.2 Å². The molecule has 2 aliphatic carbocycles. The summed E-state index contributed by atoms with van der Waals surface area (Å²) in [5, 5.41) is 3.19. The summed E-state index contributed by atoms with van der Waals surface area (Å²) >= 11 is 0. The minimum absolute atomic E-state index is 0.0682. The molecule has 1 aromatic rings. The van der Waals surface area contributed by atoms with Gasteiger partial charge in [0.05, 0.1) is 11.4 Å². The van der Waals surface area contributed by atoms with Gasteiger partial charge in [-0.25, -0.2) is 8.42 Å². The van der Waals surface area contributed by atoms with E-state index in [9.17, 15) is 13.2 Å². The highest BCUT2D eigenvalue weighted by atomic mass is 32.2. The maximum Gasteiger partial charge on any atom is 0.243 e. The van der Waals surface area contributed by atoms with E-state index >= 15 is 0 Å². The zero-order valence-electron chi connectivity index (χ0n) is 17.4. The molecule has 1 aliphatic heterocycles. The van der Waals surface area contributed by atoms with E-state index in [4.69, 9.17) is 0 Å². The third kappa shape index (κ3) is 4.67. The van der Waals surface area contributed by atoms with Crippen molar-refractivity contribution in [1.82, 2.24) is 14.5 Å². The first-order valence-corrected chi connectivity index (χ1v) is 12.5. The van der Waals surface area contributed by atoms with Crippen LogP contribution in [0.2, 0.25) is 0 Å². The molecule has 2 atom stereocenters. The summed E-state index contributed by atoms with van der Waals surface area (Å²) in [7, 11) is -3.46. The van der Waals surface area contributed by atoms with Gasteiger partial charge in [-0.2, -0.15) is 4.31 Å². The molecular weight excluding hydrogens is 386 g/mol. The van der Waals surface area contributed by atoms with Crippen LogP contribution in [0.4, 0.5) is 0 Å². The number of carbonyl (C=O) groups excluding carboxylic acids is 1. The van der Waals surface area contributed by atoms with Gasteiger partial charge in [-0.05, 0) is 61.3 Å². The fourth-order valence-corrected chi connectivity index (χ4v) is 6.45. The fraction of sp³-hybridized carbons (Fsp3) is 0.682. The summed E-state index contributed by atoms with van der Waals surface area (Å²) in [5.41, 5.74) is 2.46. The van der Waals surface area contributed by atoms with Gasteiger partial charge in [0.1, 0.15) is 0 Å². The van der Waals surface area contributed by atoms with Crippen molar-refractivity contribution in [2.24, 2.45) is 5.92 Å². The zero-order chi connectivity index (χ0) is 20.4. The van der Waals surface area contributed by atoms with E-state index in [2.05, 4.69) is 17.1 Å². The number of hydrogen-bond donors (Lipinski definition) is 1. The molecule has 0 spiro atoms. The first-order chi connectivity index (χ1) is 13.9. The van der Waals surface area contributed by atoms with Crippen molar-refractivity contribution in [1.29, 1.82) is 0 Å². The Morgan fingerprint density at radius 2 is 1.76 bits per heavy atom. The smallest absolute Gasteiger partial charge is 0.243 e. The maximum absolute atomic E-state index is 13.0. The molecule has 1 aromatic carbocycles. The number of piperazine rings is 1. The van der Waals surface area contributed by atoms with Crippen LogP contribution in [0.3, 0.4) is 0 Å². The molecular formula is C22H33N3O3S. The van der Waals surface area contributed by atoms with Gasteiger partial charge in [0.25, 0.3) is 0 Å². The number of rotatable bonds is 5. The number of fused-ring (bicyclic) bond motifs is 1. The molecule has 0 radical (unpaired) electrons. The molecule has 1 amide bonds. The van der Waals surface area contributed by atoms with Gasteiger partial charge in [0, 0.05) is 32.2 Å². The molecule has 7 heteroatoms. The monoisotopic (exact) mass is 419 g/mol. The molecule has 1 heterocycles. The zero-order valence-corrected chi connectivity index (χ0v) is 18.2. The average Bonchev–Trinajstić information content (AvgIpc) is 3.18. The Labute approximate surface area is 174 Å². The first-order valence-electron chi connectivity index (χ1n) is 11.1. The Balaban J connectivity index is 1.30.